The Morgan fingerprint density at radius 3 is 0.780 bits per heavy atom. The van der Waals surface area contributed by atoms with E-state index in [1.54, 1.807) is 0 Å². The van der Waals surface area contributed by atoms with Gasteiger partial charge in [-0.1, -0.05) is 0 Å². The van der Waals surface area contributed by atoms with Crippen molar-refractivity contribution in [3.63, 3.8) is 0 Å². The monoisotopic (exact) mass is 832 g/mol. The molecular formula is C30H52O6Si3Sn2. The zero-order valence-corrected chi connectivity index (χ0v) is 36.4. The van der Waals surface area contributed by atoms with Crippen molar-refractivity contribution >= 4 is 72.1 Å². The van der Waals surface area contributed by atoms with Gasteiger partial charge in [-0.25, -0.2) is 0 Å². The Morgan fingerprint density at radius 1 is 0.415 bits per heavy atom. The molecule has 0 N–H and O–H groups in total. The maximum absolute atomic E-state index is 7.47. The first-order valence-corrected chi connectivity index (χ1v) is 33.5. The number of rotatable bonds is 6. The van der Waals surface area contributed by atoms with Gasteiger partial charge in [0, 0.05) is 0 Å². The van der Waals surface area contributed by atoms with Crippen molar-refractivity contribution in [3.05, 3.63) is 58.7 Å². The molecule has 3 heterocycles. The van der Waals surface area contributed by atoms with Gasteiger partial charge >= 0.3 is 266 Å². The van der Waals surface area contributed by atoms with E-state index in [9.17, 15) is 0 Å². The second kappa shape index (κ2) is 12.0. The van der Waals surface area contributed by atoms with E-state index in [2.05, 4.69) is 131 Å². The van der Waals surface area contributed by atoms with E-state index in [-0.39, 0.29) is 23.7 Å². The standard InChI is InChI=1S/2C12H17.3C2H6O2Si.2Sn/c2*1-9(2)11-6-5-7-12(8-11)10(3)4;3*1-5(2,3)4;;/h2*5-7,9-10H,1-4H3;3*1-2H3;;/q;;3*-2;2*+3. The van der Waals surface area contributed by atoms with Crippen LogP contribution in [0.4, 0.5) is 0 Å². The molecule has 0 aromatic heterocycles. The molecule has 3 aliphatic heterocycles. The summed E-state index contributed by atoms with van der Waals surface area (Å²) in [6, 6.07) is 13.2. The molecule has 41 heavy (non-hydrogen) atoms. The first kappa shape index (κ1) is 34.3. The molecule has 2 bridgehead atoms. The van der Waals surface area contributed by atoms with Crippen LogP contribution in [0.3, 0.4) is 0 Å². The van der Waals surface area contributed by atoms with E-state index in [0.29, 0.717) is 0 Å². The molecular weight excluding hydrogens is 778 g/mol. The Hall–Kier alpha value is 0.448. The molecule has 6 nitrogen and oxygen atoms in total. The van der Waals surface area contributed by atoms with Crippen LogP contribution in [0.1, 0.15) is 101 Å². The zero-order chi connectivity index (χ0) is 30.8. The van der Waals surface area contributed by atoms with Gasteiger partial charge in [-0.3, -0.25) is 0 Å². The van der Waals surface area contributed by atoms with Crippen LogP contribution in [0.25, 0.3) is 0 Å². The third-order valence-corrected chi connectivity index (χ3v) is 58.1. The fourth-order valence-electron chi connectivity index (χ4n) is 6.24. The summed E-state index contributed by atoms with van der Waals surface area (Å²) in [5.41, 5.74) is 4.98. The molecule has 0 aliphatic carbocycles. The van der Waals surface area contributed by atoms with Gasteiger partial charge in [0.1, 0.15) is 0 Å². The number of benzene rings is 2. The molecule has 0 saturated carbocycles. The third-order valence-electron chi connectivity index (χ3n) is 7.64. The van der Waals surface area contributed by atoms with Gasteiger partial charge in [-0.05, 0) is 0 Å². The van der Waals surface area contributed by atoms with Gasteiger partial charge < -0.3 is 0 Å². The second-order valence-corrected chi connectivity index (χ2v) is 43.5. The van der Waals surface area contributed by atoms with E-state index in [4.69, 9.17) is 16.6 Å². The Balaban J connectivity index is 2.08. The average Bonchev–Trinajstić information content (AvgIpc) is 2.79. The van der Waals surface area contributed by atoms with Crippen LogP contribution in [-0.4, -0.2) is 64.9 Å². The minimum atomic E-state index is -4.67. The number of hydrogen-bond acceptors (Lipinski definition) is 6. The Bertz CT molecular complexity index is 1080. The molecule has 3 aliphatic rings. The summed E-state index contributed by atoms with van der Waals surface area (Å²) in [5, 5.41) is 0. The van der Waals surface area contributed by atoms with Crippen molar-refractivity contribution < 1.29 is 16.6 Å². The Morgan fingerprint density at radius 2 is 0.610 bits per heavy atom. The molecule has 11 heteroatoms. The molecule has 3 fully saturated rings. The van der Waals surface area contributed by atoms with Gasteiger partial charge in [0.15, 0.2) is 0 Å². The van der Waals surface area contributed by atoms with Crippen molar-refractivity contribution in [2.24, 2.45) is 0 Å². The first-order chi connectivity index (χ1) is 18.7. The summed E-state index contributed by atoms with van der Waals surface area (Å²) in [6.45, 7) is 30.8. The van der Waals surface area contributed by atoms with Gasteiger partial charge in [-0.2, -0.15) is 0 Å². The van der Waals surface area contributed by atoms with Crippen LogP contribution in [0.5, 0.6) is 0 Å². The fraction of sp³-hybridized carbons (Fsp3) is 0.600. The van der Waals surface area contributed by atoms with Gasteiger partial charge in [0.05, 0.1) is 0 Å². The van der Waals surface area contributed by atoms with Crippen molar-refractivity contribution in [3.8, 4) is 0 Å². The summed E-state index contributed by atoms with van der Waals surface area (Å²) < 4.78 is 47.1. The molecule has 3 saturated heterocycles. The molecule has 0 spiro atoms. The van der Waals surface area contributed by atoms with E-state index in [1.165, 1.54) is 29.4 Å². The summed E-state index contributed by atoms with van der Waals surface area (Å²) in [4.78, 5) is 0. The van der Waals surface area contributed by atoms with E-state index < -0.39 is 64.9 Å². The van der Waals surface area contributed by atoms with E-state index in [1.807, 2.05) is 0 Å². The summed E-state index contributed by atoms with van der Waals surface area (Å²) in [5.74, 6) is 1.14. The molecule has 0 atom stereocenters. The molecule has 0 radical (unpaired) electrons. The topological polar surface area (TPSA) is 55.4 Å². The number of hydrogen-bond donors (Lipinski definition) is 0. The van der Waals surface area contributed by atoms with Gasteiger partial charge in [0.2, 0.25) is 0 Å². The maximum atomic E-state index is 7.47. The van der Waals surface area contributed by atoms with E-state index in [0.717, 1.165) is 0 Å². The average molecular weight is 830 g/mol. The summed E-state index contributed by atoms with van der Waals surface area (Å²) >= 11 is -9.33. The van der Waals surface area contributed by atoms with Crippen molar-refractivity contribution in [2.75, 3.05) is 0 Å². The number of fused-ring (bicyclic) bond motifs is 6. The quantitative estimate of drug-likeness (QED) is 0.283. The minimum absolute atomic E-state index is 0.285. The predicted octanol–water partition coefficient (Wildman–Crippen LogP) is 7.40. The first-order valence-electron chi connectivity index (χ1n) is 15.2. The van der Waals surface area contributed by atoms with Crippen LogP contribution < -0.4 is 7.16 Å². The molecule has 0 amide bonds. The van der Waals surface area contributed by atoms with Crippen LogP contribution >= 0.6 is 0 Å². The summed E-state index contributed by atoms with van der Waals surface area (Å²) in [7, 11) is -8.71. The Kier molecular flexibility index (Phi) is 10.0. The van der Waals surface area contributed by atoms with Crippen molar-refractivity contribution in [1.82, 2.24) is 0 Å². The van der Waals surface area contributed by atoms with E-state index >= 15 is 0 Å². The molecule has 228 valence electrons. The second-order valence-electron chi connectivity index (χ2n) is 14.2. The van der Waals surface area contributed by atoms with Crippen LogP contribution in [0.2, 0.25) is 39.3 Å². The van der Waals surface area contributed by atoms with Crippen LogP contribution in [-0.2, 0) is 16.6 Å². The Labute approximate surface area is 263 Å². The normalized spacial score (nSPS) is 27.4. The fourth-order valence-corrected chi connectivity index (χ4v) is 73.3. The SMILES string of the molecule is CC(C)c1cccc(C(C)C)[c]1[Sn]12[O][Si](C)(C)[O][Sn]([c]3c(C(C)C)cccc3C(C)C)([O][Si](C)(C)[O]1)[O][Si](C)(C)[O]2. The van der Waals surface area contributed by atoms with Crippen molar-refractivity contribution in [2.45, 2.75) is 118 Å². The van der Waals surface area contributed by atoms with Gasteiger partial charge in [0.25, 0.3) is 0 Å². The van der Waals surface area contributed by atoms with Crippen molar-refractivity contribution in [1.29, 1.82) is 0 Å². The van der Waals surface area contributed by atoms with Crippen LogP contribution in [0.15, 0.2) is 36.4 Å². The molecule has 2 aromatic rings. The predicted molar refractivity (Wildman–Crippen MR) is 179 cm³/mol. The molecule has 0 unspecified atom stereocenters. The zero-order valence-electron chi connectivity index (χ0n) is 27.7. The molecule has 5 rings (SSSR count). The third kappa shape index (κ3) is 7.00. The van der Waals surface area contributed by atoms with Crippen LogP contribution in [0, 0.1) is 0 Å². The summed E-state index contributed by atoms with van der Waals surface area (Å²) in [6.07, 6.45) is 0. The van der Waals surface area contributed by atoms with Gasteiger partial charge in [-0.15, -0.1) is 0 Å². The molecule has 2 aromatic carbocycles.